The summed E-state index contributed by atoms with van der Waals surface area (Å²) in [5, 5.41) is 13.6. The number of nitrogen functional groups attached to an aromatic ring is 1. The zero-order chi connectivity index (χ0) is 18.2. The fourth-order valence-electron chi connectivity index (χ4n) is 2.71. The molecule has 0 aliphatic carbocycles. The van der Waals surface area contributed by atoms with Crippen LogP contribution in [0, 0.1) is 0 Å². The Bertz CT molecular complexity index is 807. The van der Waals surface area contributed by atoms with Crippen LogP contribution in [0.2, 0.25) is 0 Å². The summed E-state index contributed by atoms with van der Waals surface area (Å²) in [5.74, 6) is 0.627. The lowest BCUT2D eigenvalue weighted by Crippen LogP contribution is -2.21. The third-order valence-electron chi connectivity index (χ3n) is 4.17. The Kier molecular flexibility index (Phi) is 6.25. The van der Waals surface area contributed by atoms with Crippen molar-refractivity contribution in [2.75, 3.05) is 12.3 Å². The third kappa shape index (κ3) is 5.09. The largest absolute Gasteiger partial charge is 0.487 e. The van der Waals surface area contributed by atoms with Crippen LogP contribution >= 0.6 is 0 Å². The van der Waals surface area contributed by atoms with Gasteiger partial charge in [0.05, 0.1) is 11.8 Å². The van der Waals surface area contributed by atoms with Crippen LogP contribution in [0.3, 0.4) is 0 Å². The zero-order valence-corrected chi connectivity index (χ0v) is 14.6. The Balaban J connectivity index is 1.52. The number of hydrogen-bond acceptors (Lipinski definition) is 4. The molecule has 4 heteroatoms. The van der Waals surface area contributed by atoms with Gasteiger partial charge in [0.15, 0.2) is 0 Å². The van der Waals surface area contributed by atoms with Gasteiger partial charge in [-0.1, -0.05) is 66.7 Å². The average molecular weight is 348 g/mol. The maximum Gasteiger partial charge on any atom is 0.142 e. The van der Waals surface area contributed by atoms with Crippen LogP contribution in [0.4, 0.5) is 5.69 Å². The molecule has 0 saturated carbocycles. The smallest absolute Gasteiger partial charge is 0.142 e. The van der Waals surface area contributed by atoms with Crippen LogP contribution in [0.1, 0.15) is 22.8 Å². The molecule has 4 nitrogen and oxygen atoms in total. The van der Waals surface area contributed by atoms with Gasteiger partial charge in [-0.25, -0.2) is 0 Å². The van der Waals surface area contributed by atoms with Crippen molar-refractivity contribution < 1.29 is 9.84 Å². The molecule has 0 aliphatic heterocycles. The highest BCUT2D eigenvalue weighted by Crippen LogP contribution is 2.26. The lowest BCUT2D eigenvalue weighted by atomic mass is 10.1. The zero-order valence-electron chi connectivity index (χ0n) is 14.6. The van der Waals surface area contributed by atoms with E-state index >= 15 is 0 Å². The number of aliphatic hydroxyl groups is 1. The number of benzene rings is 3. The quantitative estimate of drug-likeness (QED) is 0.543. The summed E-state index contributed by atoms with van der Waals surface area (Å²) >= 11 is 0. The third-order valence-corrected chi connectivity index (χ3v) is 4.17. The van der Waals surface area contributed by atoms with E-state index in [1.54, 1.807) is 6.07 Å². The first kappa shape index (κ1) is 18.0. The van der Waals surface area contributed by atoms with Gasteiger partial charge in [0.25, 0.3) is 0 Å². The number of nitrogens with one attached hydrogen (secondary N) is 1. The molecule has 4 N–H and O–H groups in total. The first-order chi connectivity index (χ1) is 12.7. The second-order valence-electron chi connectivity index (χ2n) is 6.20. The fraction of sp³-hybridized carbons (Fsp3) is 0.182. The minimum absolute atomic E-state index is 0.457. The van der Waals surface area contributed by atoms with Gasteiger partial charge in [-0.05, 0) is 28.8 Å². The summed E-state index contributed by atoms with van der Waals surface area (Å²) in [6, 6.07) is 25.5. The van der Waals surface area contributed by atoms with Gasteiger partial charge in [0.2, 0.25) is 0 Å². The van der Waals surface area contributed by atoms with E-state index in [1.165, 1.54) is 5.56 Å². The molecule has 134 valence electrons. The molecular formula is C22H24N2O2. The summed E-state index contributed by atoms with van der Waals surface area (Å²) < 4.78 is 5.77. The van der Waals surface area contributed by atoms with Gasteiger partial charge in [0, 0.05) is 13.1 Å². The van der Waals surface area contributed by atoms with Crippen LogP contribution in [-0.4, -0.2) is 11.7 Å². The Labute approximate surface area is 154 Å². The molecule has 0 saturated heterocycles. The average Bonchev–Trinajstić information content (AvgIpc) is 2.68. The van der Waals surface area contributed by atoms with E-state index < -0.39 is 6.10 Å². The minimum atomic E-state index is -0.621. The molecule has 0 bridgehead atoms. The molecule has 0 aromatic heterocycles. The van der Waals surface area contributed by atoms with Crippen molar-refractivity contribution in [1.29, 1.82) is 0 Å². The van der Waals surface area contributed by atoms with Crippen LogP contribution < -0.4 is 15.8 Å². The first-order valence-corrected chi connectivity index (χ1v) is 8.71. The molecule has 26 heavy (non-hydrogen) atoms. The number of nitrogens with two attached hydrogens (primary N) is 1. The van der Waals surface area contributed by atoms with Gasteiger partial charge in [-0.15, -0.1) is 0 Å². The highest BCUT2D eigenvalue weighted by molar-refractivity contribution is 5.54. The lowest BCUT2D eigenvalue weighted by molar-refractivity contribution is 0.174. The van der Waals surface area contributed by atoms with E-state index in [0.717, 1.165) is 11.1 Å². The minimum Gasteiger partial charge on any atom is -0.487 e. The predicted molar refractivity (Wildman–Crippen MR) is 105 cm³/mol. The number of ether oxygens (including phenoxy) is 1. The summed E-state index contributed by atoms with van der Waals surface area (Å²) in [4.78, 5) is 0. The van der Waals surface area contributed by atoms with Crippen molar-refractivity contribution in [2.45, 2.75) is 19.3 Å². The standard InChI is InChI=1S/C22H24N2O2/c23-20-13-19(21(25)15-24-14-17-7-3-1-4-8-17)11-12-22(20)26-16-18-9-5-2-6-10-18/h1-13,21,24-25H,14-16,23H2. The molecule has 1 unspecified atom stereocenters. The van der Waals surface area contributed by atoms with Crippen molar-refractivity contribution in [3.05, 3.63) is 95.6 Å². The summed E-state index contributed by atoms with van der Waals surface area (Å²) in [5.41, 5.74) is 9.66. The van der Waals surface area contributed by atoms with Crippen LogP contribution in [-0.2, 0) is 13.2 Å². The Morgan fingerprint density at radius 1 is 0.885 bits per heavy atom. The number of anilines is 1. The Morgan fingerprint density at radius 2 is 1.54 bits per heavy atom. The Hall–Kier alpha value is -2.82. The second kappa shape index (κ2) is 9.04. The van der Waals surface area contributed by atoms with Gasteiger partial charge < -0.3 is 20.9 Å². The van der Waals surface area contributed by atoms with Crippen LogP contribution in [0.5, 0.6) is 5.75 Å². The number of hydrogen-bond donors (Lipinski definition) is 3. The van der Waals surface area contributed by atoms with E-state index in [-0.39, 0.29) is 0 Å². The van der Waals surface area contributed by atoms with Gasteiger partial charge in [-0.3, -0.25) is 0 Å². The van der Waals surface area contributed by atoms with E-state index in [1.807, 2.05) is 60.7 Å². The normalized spacial score (nSPS) is 11.9. The molecule has 0 amide bonds. The molecule has 3 rings (SSSR count). The molecular weight excluding hydrogens is 324 g/mol. The van der Waals surface area contributed by atoms with Gasteiger partial charge in [0.1, 0.15) is 12.4 Å². The molecule has 1 atom stereocenters. The molecule has 3 aromatic rings. The van der Waals surface area contributed by atoms with Crippen molar-refractivity contribution in [1.82, 2.24) is 5.32 Å². The van der Waals surface area contributed by atoms with E-state index in [0.29, 0.717) is 31.1 Å². The van der Waals surface area contributed by atoms with Crippen molar-refractivity contribution in [3.63, 3.8) is 0 Å². The molecule has 0 radical (unpaired) electrons. The summed E-state index contributed by atoms with van der Waals surface area (Å²) in [6.45, 7) is 1.63. The van der Waals surface area contributed by atoms with Gasteiger partial charge >= 0.3 is 0 Å². The lowest BCUT2D eigenvalue weighted by Gasteiger charge is -2.15. The topological polar surface area (TPSA) is 67.5 Å². The molecule has 0 aliphatic rings. The monoisotopic (exact) mass is 348 g/mol. The fourth-order valence-corrected chi connectivity index (χ4v) is 2.71. The van der Waals surface area contributed by atoms with Crippen molar-refractivity contribution in [2.24, 2.45) is 0 Å². The molecule has 0 spiro atoms. The van der Waals surface area contributed by atoms with Gasteiger partial charge in [-0.2, -0.15) is 0 Å². The van der Waals surface area contributed by atoms with Crippen molar-refractivity contribution in [3.8, 4) is 5.75 Å². The van der Waals surface area contributed by atoms with E-state index in [9.17, 15) is 5.11 Å². The van der Waals surface area contributed by atoms with Crippen LogP contribution in [0.15, 0.2) is 78.9 Å². The maximum absolute atomic E-state index is 10.4. The highest BCUT2D eigenvalue weighted by atomic mass is 16.5. The maximum atomic E-state index is 10.4. The summed E-state index contributed by atoms with van der Waals surface area (Å²) in [6.07, 6.45) is -0.621. The SMILES string of the molecule is Nc1cc(C(O)CNCc2ccccc2)ccc1OCc1ccccc1. The van der Waals surface area contributed by atoms with E-state index in [4.69, 9.17) is 10.5 Å². The highest BCUT2D eigenvalue weighted by Gasteiger charge is 2.10. The van der Waals surface area contributed by atoms with Crippen LogP contribution in [0.25, 0.3) is 0 Å². The Morgan fingerprint density at radius 3 is 2.19 bits per heavy atom. The first-order valence-electron chi connectivity index (χ1n) is 8.71. The predicted octanol–water partition coefficient (Wildman–Crippen LogP) is 3.67. The van der Waals surface area contributed by atoms with E-state index in [2.05, 4.69) is 17.4 Å². The number of aliphatic hydroxyl groups excluding tert-OH is 1. The van der Waals surface area contributed by atoms with Crippen molar-refractivity contribution >= 4 is 5.69 Å². The summed E-state index contributed by atoms with van der Waals surface area (Å²) in [7, 11) is 0. The molecule has 0 heterocycles. The molecule has 3 aromatic carbocycles. The molecule has 0 fully saturated rings. The number of rotatable bonds is 8. The second-order valence-corrected chi connectivity index (χ2v) is 6.20.